The van der Waals surface area contributed by atoms with Gasteiger partial charge in [-0.3, -0.25) is 9.78 Å². The first kappa shape index (κ1) is 23.2. The standard InChI is InChI=1S/C33H30N2O3/c36-32(29-14-6-16-31-28(29)15-7-17-34-31)21-18-22-8-5-9-23(19-21)35(22)33(37)38-20-30-26-12-3-1-10-24(26)25-11-2-4-13-27(25)30/h1-4,6-7,10-17,21-23,30H,5,8-9,18-20H2. The minimum Gasteiger partial charge on any atom is -0.448 e. The van der Waals surface area contributed by atoms with E-state index < -0.39 is 0 Å². The van der Waals surface area contributed by atoms with Crippen LogP contribution in [0.2, 0.25) is 0 Å². The molecule has 5 heteroatoms. The Morgan fingerprint density at radius 2 is 1.50 bits per heavy atom. The summed E-state index contributed by atoms with van der Waals surface area (Å²) in [4.78, 5) is 33.6. The number of hydrogen-bond donors (Lipinski definition) is 0. The third-order valence-electron chi connectivity index (χ3n) is 8.80. The van der Waals surface area contributed by atoms with Gasteiger partial charge in [0.2, 0.25) is 0 Å². The van der Waals surface area contributed by atoms with Crippen LogP contribution in [-0.4, -0.2) is 40.5 Å². The highest BCUT2D eigenvalue weighted by atomic mass is 16.6. The van der Waals surface area contributed by atoms with Crippen LogP contribution in [-0.2, 0) is 4.74 Å². The molecule has 3 aromatic carbocycles. The second-order valence-corrected chi connectivity index (χ2v) is 10.9. The Bertz CT molecular complexity index is 1480. The number of pyridine rings is 1. The van der Waals surface area contributed by atoms with Crippen LogP contribution < -0.4 is 0 Å². The highest BCUT2D eigenvalue weighted by molar-refractivity contribution is 6.08. The minimum atomic E-state index is -0.234. The lowest BCUT2D eigenvalue weighted by Gasteiger charge is -2.47. The number of carbonyl (C=O) groups excluding carboxylic acids is 2. The van der Waals surface area contributed by atoms with E-state index >= 15 is 0 Å². The Balaban J connectivity index is 1.08. The number of carbonyl (C=O) groups is 2. The van der Waals surface area contributed by atoms with E-state index in [0.29, 0.717) is 19.4 Å². The van der Waals surface area contributed by atoms with Gasteiger partial charge in [-0.1, -0.05) is 66.7 Å². The van der Waals surface area contributed by atoms with Crippen molar-refractivity contribution in [1.29, 1.82) is 0 Å². The molecule has 38 heavy (non-hydrogen) atoms. The molecule has 2 unspecified atom stereocenters. The summed E-state index contributed by atoms with van der Waals surface area (Å²) in [5.41, 5.74) is 6.47. The van der Waals surface area contributed by atoms with Crippen molar-refractivity contribution in [3.05, 3.63) is 102 Å². The summed E-state index contributed by atoms with van der Waals surface area (Å²) in [5.74, 6) is 0.131. The molecule has 3 heterocycles. The monoisotopic (exact) mass is 502 g/mol. The van der Waals surface area contributed by atoms with Crippen LogP contribution in [0.3, 0.4) is 0 Å². The molecule has 4 aromatic rings. The number of piperidine rings is 2. The maximum atomic E-state index is 13.7. The van der Waals surface area contributed by atoms with Gasteiger partial charge < -0.3 is 9.64 Å². The van der Waals surface area contributed by atoms with Crippen LogP contribution in [0, 0.1) is 5.92 Å². The van der Waals surface area contributed by atoms with E-state index in [2.05, 4.69) is 53.5 Å². The number of fused-ring (bicyclic) bond motifs is 6. The fourth-order valence-electron chi connectivity index (χ4n) is 7.10. The molecule has 2 fully saturated rings. The predicted octanol–water partition coefficient (Wildman–Crippen LogP) is 7.00. The largest absolute Gasteiger partial charge is 0.448 e. The highest BCUT2D eigenvalue weighted by Crippen LogP contribution is 2.45. The average molecular weight is 503 g/mol. The van der Waals surface area contributed by atoms with Crippen molar-refractivity contribution in [3.63, 3.8) is 0 Å². The van der Waals surface area contributed by atoms with Gasteiger partial charge in [0.25, 0.3) is 0 Å². The molecule has 2 bridgehead atoms. The molecule has 5 nitrogen and oxygen atoms in total. The normalized spacial score (nSPS) is 22.1. The Kier molecular flexibility index (Phi) is 5.72. The van der Waals surface area contributed by atoms with Gasteiger partial charge in [0.05, 0.1) is 5.52 Å². The van der Waals surface area contributed by atoms with Gasteiger partial charge in [-0.05, 0) is 66.5 Å². The van der Waals surface area contributed by atoms with E-state index in [4.69, 9.17) is 4.74 Å². The lowest BCUT2D eigenvalue weighted by molar-refractivity contribution is 0.00654. The molecule has 2 aliphatic heterocycles. The summed E-state index contributed by atoms with van der Waals surface area (Å²) in [5, 5.41) is 0.907. The summed E-state index contributed by atoms with van der Waals surface area (Å²) in [6.45, 7) is 0.328. The Hall–Kier alpha value is -3.99. The molecule has 1 aromatic heterocycles. The van der Waals surface area contributed by atoms with Crippen LogP contribution in [0.15, 0.2) is 85.1 Å². The summed E-state index contributed by atoms with van der Waals surface area (Å²) in [6, 6.07) is 26.5. The molecular formula is C33H30N2O3. The third-order valence-corrected chi connectivity index (χ3v) is 8.80. The first-order valence-corrected chi connectivity index (χ1v) is 13.7. The van der Waals surface area contributed by atoms with Crippen molar-refractivity contribution in [1.82, 2.24) is 9.88 Å². The van der Waals surface area contributed by atoms with Crippen molar-refractivity contribution >= 4 is 22.8 Å². The fraction of sp³-hybridized carbons (Fsp3) is 0.303. The van der Waals surface area contributed by atoms with Crippen molar-refractivity contribution in [2.45, 2.75) is 50.1 Å². The Morgan fingerprint density at radius 1 is 0.816 bits per heavy atom. The van der Waals surface area contributed by atoms with E-state index in [-0.39, 0.29) is 35.8 Å². The Labute approximate surface area is 222 Å². The molecule has 2 atom stereocenters. The van der Waals surface area contributed by atoms with Crippen molar-refractivity contribution in [2.75, 3.05) is 6.61 Å². The van der Waals surface area contributed by atoms with Gasteiger partial charge in [-0.25, -0.2) is 4.79 Å². The number of Topliss-reactive ketones (excluding diaryl/α,β-unsaturated/α-hetero) is 1. The van der Waals surface area contributed by atoms with Gasteiger partial charge in [-0.15, -0.1) is 0 Å². The molecule has 3 aliphatic rings. The van der Waals surface area contributed by atoms with E-state index in [1.54, 1.807) is 6.20 Å². The summed E-state index contributed by atoms with van der Waals surface area (Å²) >= 11 is 0. The van der Waals surface area contributed by atoms with Gasteiger partial charge >= 0.3 is 6.09 Å². The number of amides is 1. The first-order valence-electron chi connectivity index (χ1n) is 13.7. The maximum absolute atomic E-state index is 13.7. The number of ketones is 1. The van der Waals surface area contributed by atoms with Gasteiger partial charge in [0.15, 0.2) is 5.78 Å². The number of rotatable bonds is 4. The van der Waals surface area contributed by atoms with Crippen LogP contribution in [0.5, 0.6) is 0 Å². The molecule has 1 amide bonds. The van der Waals surface area contributed by atoms with E-state index in [0.717, 1.165) is 35.7 Å². The second kappa shape index (κ2) is 9.39. The Morgan fingerprint density at radius 3 is 2.21 bits per heavy atom. The second-order valence-electron chi connectivity index (χ2n) is 10.9. The molecule has 1 aliphatic carbocycles. The molecular weight excluding hydrogens is 472 g/mol. The van der Waals surface area contributed by atoms with Crippen LogP contribution in [0.1, 0.15) is 59.5 Å². The van der Waals surface area contributed by atoms with E-state index in [1.807, 2.05) is 35.2 Å². The minimum absolute atomic E-state index is 0.0419. The van der Waals surface area contributed by atoms with Crippen LogP contribution in [0.25, 0.3) is 22.0 Å². The predicted molar refractivity (Wildman–Crippen MR) is 147 cm³/mol. The molecule has 0 saturated carbocycles. The molecule has 0 N–H and O–H groups in total. The highest BCUT2D eigenvalue weighted by Gasteiger charge is 2.44. The van der Waals surface area contributed by atoms with Crippen molar-refractivity contribution in [2.24, 2.45) is 5.92 Å². The number of hydrogen-bond acceptors (Lipinski definition) is 4. The smallest absolute Gasteiger partial charge is 0.410 e. The summed E-state index contributed by atoms with van der Waals surface area (Å²) in [6.07, 6.45) is 5.83. The summed E-state index contributed by atoms with van der Waals surface area (Å²) < 4.78 is 6.05. The summed E-state index contributed by atoms with van der Waals surface area (Å²) in [7, 11) is 0. The zero-order chi connectivity index (χ0) is 25.6. The quantitative estimate of drug-likeness (QED) is 0.282. The average Bonchev–Trinajstić information content (AvgIpc) is 3.28. The van der Waals surface area contributed by atoms with Crippen molar-refractivity contribution < 1.29 is 14.3 Å². The maximum Gasteiger partial charge on any atom is 0.410 e. The number of ether oxygens (including phenoxy) is 1. The zero-order valence-electron chi connectivity index (χ0n) is 21.3. The van der Waals surface area contributed by atoms with Gasteiger partial charge in [-0.2, -0.15) is 0 Å². The molecule has 190 valence electrons. The lowest BCUT2D eigenvalue weighted by atomic mass is 9.75. The SMILES string of the molecule is O=C(c1cccc2ncccc12)C1CC2CCCC(C1)N2C(=O)OCC1c2ccccc2-c2ccccc21. The van der Waals surface area contributed by atoms with Crippen LogP contribution in [0.4, 0.5) is 4.79 Å². The molecule has 2 saturated heterocycles. The van der Waals surface area contributed by atoms with Gasteiger partial charge in [0.1, 0.15) is 6.61 Å². The topological polar surface area (TPSA) is 59.5 Å². The zero-order valence-corrected chi connectivity index (χ0v) is 21.3. The molecule has 0 spiro atoms. The van der Waals surface area contributed by atoms with Crippen molar-refractivity contribution in [3.8, 4) is 11.1 Å². The van der Waals surface area contributed by atoms with E-state index in [1.165, 1.54) is 22.3 Å². The third kappa shape index (κ3) is 3.80. The van der Waals surface area contributed by atoms with Crippen LogP contribution >= 0.6 is 0 Å². The van der Waals surface area contributed by atoms with Gasteiger partial charge in [0, 0.05) is 41.1 Å². The molecule has 0 radical (unpaired) electrons. The molecule has 7 rings (SSSR count). The fourth-order valence-corrected chi connectivity index (χ4v) is 7.10. The lowest BCUT2D eigenvalue weighted by Crippen LogP contribution is -2.55. The number of nitrogens with zero attached hydrogens (tertiary/aromatic N) is 2. The number of aromatic nitrogens is 1. The first-order chi connectivity index (χ1) is 18.7. The van der Waals surface area contributed by atoms with E-state index in [9.17, 15) is 9.59 Å². The number of benzene rings is 3.